The van der Waals surface area contributed by atoms with E-state index in [1.165, 1.54) is 24.7 Å². The number of amides is 1. The number of benzene rings is 3. The summed E-state index contributed by atoms with van der Waals surface area (Å²) in [6.45, 7) is 3.82. The first-order valence-corrected chi connectivity index (χ1v) is 11.9. The largest absolute Gasteiger partial charge is 0.322 e. The van der Waals surface area contributed by atoms with Crippen molar-refractivity contribution in [1.29, 1.82) is 0 Å². The Bertz CT molecular complexity index is 1390. The molecular formula is C23H21N3O3S2. The third-order valence-electron chi connectivity index (χ3n) is 4.97. The highest BCUT2D eigenvalue weighted by Crippen LogP contribution is 2.31. The lowest BCUT2D eigenvalue weighted by Crippen LogP contribution is -2.20. The first-order chi connectivity index (χ1) is 14.8. The molecule has 2 N–H and O–H groups in total. The molecule has 0 saturated carbocycles. The average molecular weight is 452 g/mol. The van der Waals surface area contributed by atoms with Crippen LogP contribution in [0.5, 0.6) is 0 Å². The number of aryl methyl sites for hydroxylation is 2. The molecule has 0 atom stereocenters. The zero-order chi connectivity index (χ0) is 22.2. The lowest BCUT2D eigenvalue weighted by atomic mass is 10.1. The summed E-state index contributed by atoms with van der Waals surface area (Å²) < 4.78 is 27.5. The number of anilines is 1. The summed E-state index contributed by atoms with van der Waals surface area (Å²) in [5.74, 6) is -0.367. The fourth-order valence-corrected chi connectivity index (χ4v) is 5.01. The molecule has 0 fully saturated rings. The topological polar surface area (TPSA) is 88.2 Å². The van der Waals surface area contributed by atoms with E-state index >= 15 is 0 Å². The second-order valence-electron chi connectivity index (χ2n) is 7.21. The van der Waals surface area contributed by atoms with Crippen molar-refractivity contribution in [2.24, 2.45) is 0 Å². The van der Waals surface area contributed by atoms with Crippen molar-refractivity contribution in [2.45, 2.75) is 18.7 Å². The van der Waals surface area contributed by atoms with Crippen molar-refractivity contribution >= 4 is 43.2 Å². The standard InChI is InChI=1S/C23H21N3O3S2/c1-14-4-11-20-21(12-14)30-23(26-20)16-6-8-17(9-7-16)25-22(27)19-13-18(10-5-15(19)2)31(28,29)24-3/h4-13,24H,1-3H3,(H,25,27). The Balaban J connectivity index is 1.56. The van der Waals surface area contributed by atoms with E-state index in [4.69, 9.17) is 0 Å². The fourth-order valence-electron chi connectivity index (χ4n) is 3.18. The molecule has 1 amide bonds. The summed E-state index contributed by atoms with van der Waals surface area (Å²) in [4.78, 5) is 17.5. The van der Waals surface area contributed by atoms with Gasteiger partial charge in [0.1, 0.15) is 5.01 Å². The number of nitrogens with one attached hydrogen (secondary N) is 2. The highest BCUT2D eigenvalue weighted by Gasteiger charge is 2.17. The summed E-state index contributed by atoms with van der Waals surface area (Å²) in [6, 6.07) is 18.1. The van der Waals surface area contributed by atoms with Gasteiger partial charge in [-0.1, -0.05) is 12.1 Å². The number of fused-ring (bicyclic) bond motifs is 1. The average Bonchev–Trinajstić information content (AvgIpc) is 3.17. The third kappa shape index (κ3) is 4.36. The third-order valence-corrected chi connectivity index (χ3v) is 7.45. The predicted octanol–water partition coefficient (Wildman–Crippen LogP) is 4.74. The predicted molar refractivity (Wildman–Crippen MR) is 125 cm³/mol. The Kier molecular flexibility index (Phi) is 5.62. The molecule has 158 valence electrons. The molecule has 3 aromatic carbocycles. The number of carbonyl (C=O) groups excluding carboxylic acids is 1. The maximum absolute atomic E-state index is 12.8. The number of aromatic nitrogens is 1. The molecule has 4 aromatic rings. The number of thiazole rings is 1. The highest BCUT2D eigenvalue weighted by atomic mass is 32.2. The van der Waals surface area contributed by atoms with Crippen LogP contribution in [0.1, 0.15) is 21.5 Å². The van der Waals surface area contributed by atoms with Crippen molar-refractivity contribution < 1.29 is 13.2 Å². The summed E-state index contributed by atoms with van der Waals surface area (Å²) in [6.07, 6.45) is 0. The number of carbonyl (C=O) groups is 1. The van der Waals surface area contributed by atoms with Crippen molar-refractivity contribution in [3.05, 3.63) is 77.4 Å². The molecule has 1 heterocycles. The quantitative estimate of drug-likeness (QED) is 0.459. The monoisotopic (exact) mass is 451 g/mol. The first-order valence-electron chi connectivity index (χ1n) is 9.60. The van der Waals surface area contributed by atoms with Gasteiger partial charge in [0.05, 0.1) is 15.1 Å². The van der Waals surface area contributed by atoms with Crippen molar-refractivity contribution in [3.8, 4) is 10.6 Å². The Hall–Kier alpha value is -3.07. The van der Waals surface area contributed by atoms with Crippen molar-refractivity contribution in [2.75, 3.05) is 12.4 Å². The van der Waals surface area contributed by atoms with Crippen LogP contribution >= 0.6 is 11.3 Å². The van der Waals surface area contributed by atoms with E-state index < -0.39 is 10.0 Å². The number of hydrogen-bond donors (Lipinski definition) is 2. The van der Waals surface area contributed by atoms with E-state index in [1.807, 2.05) is 36.4 Å². The van der Waals surface area contributed by atoms with Crippen LogP contribution in [-0.4, -0.2) is 26.4 Å². The van der Waals surface area contributed by atoms with Gasteiger partial charge in [0, 0.05) is 16.8 Å². The first kappa shape index (κ1) is 21.2. The van der Waals surface area contributed by atoms with E-state index in [1.54, 1.807) is 24.3 Å². The van der Waals surface area contributed by atoms with Crippen LogP contribution in [0.25, 0.3) is 20.8 Å². The fraction of sp³-hybridized carbons (Fsp3) is 0.130. The van der Waals surface area contributed by atoms with Gasteiger partial charge in [0.15, 0.2) is 0 Å². The zero-order valence-corrected chi connectivity index (χ0v) is 18.9. The molecule has 0 aliphatic heterocycles. The van der Waals surface area contributed by atoms with Gasteiger partial charge in [-0.15, -0.1) is 11.3 Å². The number of hydrogen-bond acceptors (Lipinski definition) is 5. The lowest BCUT2D eigenvalue weighted by Gasteiger charge is -2.10. The Labute approximate surface area is 185 Å². The Morgan fingerprint density at radius 2 is 1.71 bits per heavy atom. The Morgan fingerprint density at radius 3 is 2.42 bits per heavy atom. The van der Waals surface area contributed by atoms with E-state index in [9.17, 15) is 13.2 Å². The normalized spacial score (nSPS) is 11.6. The molecule has 6 nitrogen and oxygen atoms in total. The molecule has 0 saturated heterocycles. The minimum atomic E-state index is -3.63. The molecular weight excluding hydrogens is 430 g/mol. The molecule has 4 rings (SSSR count). The number of rotatable bonds is 5. The minimum Gasteiger partial charge on any atom is -0.322 e. The van der Waals surface area contributed by atoms with E-state index in [0.717, 1.165) is 20.8 Å². The van der Waals surface area contributed by atoms with Crippen LogP contribution in [-0.2, 0) is 10.0 Å². The van der Waals surface area contributed by atoms with Crippen LogP contribution in [0.4, 0.5) is 5.69 Å². The molecule has 0 radical (unpaired) electrons. The van der Waals surface area contributed by atoms with Crippen LogP contribution in [0.3, 0.4) is 0 Å². The SMILES string of the molecule is CNS(=O)(=O)c1ccc(C)c(C(=O)Nc2ccc(-c3nc4ccc(C)cc4s3)cc2)c1. The van der Waals surface area contributed by atoms with E-state index in [-0.39, 0.29) is 10.8 Å². The molecule has 8 heteroatoms. The van der Waals surface area contributed by atoms with Gasteiger partial charge in [-0.25, -0.2) is 18.1 Å². The molecule has 0 aliphatic rings. The summed E-state index contributed by atoms with van der Waals surface area (Å²) >= 11 is 1.63. The molecule has 0 bridgehead atoms. The summed E-state index contributed by atoms with van der Waals surface area (Å²) in [5.41, 5.74) is 4.75. The van der Waals surface area contributed by atoms with Gasteiger partial charge in [0.2, 0.25) is 10.0 Å². The lowest BCUT2D eigenvalue weighted by molar-refractivity contribution is 0.102. The molecule has 0 spiro atoms. The van der Waals surface area contributed by atoms with Gasteiger partial charge >= 0.3 is 0 Å². The number of sulfonamides is 1. The second kappa shape index (κ2) is 8.22. The zero-order valence-electron chi connectivity index (χ0n) is 17.3. The van der Waals surface area contributed by atoms with Gasteiger partial charge in [-0.2, -0.15) is 0 Å². The van der Waals surface area contributed by atoms with E-state index in [0.29, 0.717) is 16.8 Å². The molecule has 0 aliphatic carbocycles. The second-order valence-corrected chi connectivity index (χ2v) is 10.1. The Morgan fingerprint density at radius 1 is 0.968 bits per heavy atom. The highest BCUT2D eigenvalue weighted by molar-refractivity contribution is 7.89. The van der Waals surface area contributed by atoms with Gasteiger partial charge in [-0.3, -0.25) is 4.79 Å². The van der Waals surface area contributed by atoms with Crippen molar-refractivity contribution in [3.63, 3.8) is 0 Å². The van der Waals surface area contributed by atoms with Crippen molar-refractivity contribution in [1.82, 2.24) is 9.71 Å². The molecule has 31 heavy (non-hydrogen) atoms. The van der Waals surface area contributed by atoms with Gasteiger partial charge in [0.25, 0.3) is 5.91 Å². The van der Waals surface area contributed by atoms with Crippen LogP contribution < -0.4 is 10.0 Å². The van der Waals surface area contributed by atoms with Crippen LogP contribution in [0.2, 0.25) is 0 Å². The smallest absolute Gasteiger partial charge is 0.255 e. The van der Waals surface area contributed by atoms with Gasteiger partial charge < -0.3 is 5.32 Å². The molecule has 1 aromatic heterocycles. The summed E-state index contributed by atoms with van der Waals surface area (Å²) in [5, 5.41) is 3.75. The number of nitrogens with zero attached hydrogens (tertiary/aromatic N) is 1. The minimum absolute atomic E-state index is 0.0483. The van der Waals surface area contributed by atoms with Gasteiger partial charge in [-0.05, 0) is 80.6 Å². The van der Waals surface area contributed by atoms with E-state index in [2.05, 4.69) is 28.0 Å². The molecule has 0 unspecified atom stereocenters. The maximum atomic E-state index is 12.8. The summed E-state index contributed by atoms with van der Waals surface area (Å²) in [7, 11) is -2.29. The maximum Gasteiger partial charge on any atom is 0.255 e. The van der Waals surface area contributed by atoms with Crippen LogP contribution in [0.15, 0.2) is 65.6 Å². The van der Waals surface area contributed by atoms with Crippen LogP contribution in [0, 0.1) is 13.8 Å².